The highest BCUT2D eigenvalue weighted by Gasteiger charge is 2.29. The lowest BCUT2D eigenvalue weighted by molar-refractivity contribution is 0.00897. The lowest BCUT2D eigenvalue weighted by atomic mass is 9.94. The van der Waals surface area contributed by atoms with Gasteiger partial charge in [0.1, 0.15) is 11.3 Å². The Balaban J connectivity index is 1.25. The summed E-state index contributed by atoms with van der Waals surface area (Å²) in [5, 5.41) is 13.4. The first-order valence-electron chi connectivity index (χ1n) is 12.9. The number of likely N-dealkylation sites (tertiary alicyclic amines) is 1. The van der Waals surface area contributed by atoms with Gasteiger partial charge in [-0.05, 0) is 56.7 Å². The van der Waals surface area contributed by atoms with Crippen molar-refractivity contribution in [2.75, 3.05) is 33.4 Å². The zero-order chi connectivity index (χ0) is 24.6. The summed E-state index contributed by atoms with van der Waals surface area (Å²) in [6, 6.07) is 2.58. The van der Waals surface area contributed by atoms with E-state index in [1.807, 2.05) is 12.3 Å². The molecule has 2 saturated heterocycles. The minimum Gasteiger partial charge on any atom is -0.493 e. The van der Waals surface area contributed by atoms with Crippen molar-refractivity contribution >= 4 is 17.0 Å². The standard InChI is InChI=1S/C26H33N7O2S/c1-16(2)22-23(18-11-20(34-3)25-28-15-29-33(25)13-18)30-31-24(22)26-27-12-21(36-26)17-6-8-32(9-7-17)19-5-4-10-35-14-19/h11-13,15-17,19H,4-10,14H2,1-3H3,(H,30,31). The largest absolute Gasteiger partial charge is 0.493 e. The van der Waals surface area contributed by atoms with Gasteiger partial charge in [0.05, 0.1) is 25.1 Å². The van der Waals surface area contributed by atoms with Crippen LogP contribution in [0.1, 0.15) is 61.8 Å². The van der Waals surface area contributed by atoms with Gasteiger partial charge in [-0.3, -0.25) is 10.00 Å². The highest BCUT2D eigenvalue weighted by atomic mass is 32.1. The Morgan fingerprint density at radius 2 is 2.06 bits per heavy atom. The zero-order valence-electron chi connectivity index (χ0n) is 21.1. The molecule has 0 aromatic carbocycles. The first-order chi connectivity index (χ1) is 17.6. The van der Waals surface area contributed by atoms with Crippen LogP contribution < -0.4 is 4.74 Å². The number of thiazole rings is 1. The molecule has 6 rings (SSSR count). The van der Waals surface area contributed by atoms with Crippen molar-refractivity contribution < 1.29 is 9.47 Å². The van der Waals surface area contributed by atoms with Gasteiger partial charge in [0.2, 0.25) is 0 Å². The number of aromatic amines is 1. The summed E-state index contributed by atoms with van der Waals surface area (Å²) < 4.78 is 13.0. The van der Waals surface area contributed by atoms with Gasteiger partial charge in [0.15, 0.2) is 11.4 Å². The number of nitrogens with one attached hydrogen (secondary N) is 1. The molecule has 2 aliphatic heterocycles. The molecule has 2 aliphatic rings. The molecule has 1 N–H and O–H groups in total. The average Bonchev–Trinajstić information content (AvgIpc) is 3.67. The van der Waals surface area contributed by atoms with Crippen molar-refractivity contribution in [3.8, 4) is 27.7 Å². The van der Waals surface area contributed by atoms with E-state index in [9.17, 15) is 0 Å². The van der Waals surface area contributed by atoms with Crippen molar-refractivity contribution in [3.05, 3.63) is 35.2 Å². The van der Waals surface area contributed by atoms with E-state index >= 15 is 0 Å². The maximum Gasteiger partial charge on any atom is 0.197 e. The minimum atomic E-state index is 0.263. The third kappa shape index (κ3) is 4.31. The van der Waals surface area contributed by atoms with Crippen molar-refractivity contribution in [1.29, 1.82) is 0 Å². The van der Waals surface area contributed by atoms with Gasteiger partial charge in [0.25, 0.3) is 0 Å². The molecule has 2 fully saturated rings. The number of rotatable bonds is 6. The number of piperidine rings is 1. The SMILES string of the molecule is COc1cc(-c2n[nH]c(-c3ncc(C4CCN(C5CCCOC5)CC4)s3)c2C(C)C)cn2ncnc12. The lowest BCUT2D eigenvalue weighted by Crippen LogP contribution is -2.45. The Kier molecular flexibility index (Phi) is 6.49. The Bertz CT molecular complexity index is 1330. The first kappa shape index (κ1) is 23.6. The highest BCUT2D eigenvalue weighted by Crippen LogP contribution is 2.40. The fourth-order valence-corrected chi connectivity index (χ4v) is 6.72. The summed E-state index contributed by atoms with van der Waals surface area (Å²) in [6.07, 6.45) is 10.4. The summed E-state index contributed by atoms with van der Waals surface area (Å²) in [7, 11) is 1.65. The average molecular weight is 508 g/mol. The zero-order valence-corrected chi connectivity index (χ0v) is 21.9. The number of methoxy groups -OCH3 is 1. The fourth-order valence-electron chi connectivity index (χ4n) is 5.62. The van der Waals surface area contributed by atoms with Gasteiger partial charge in [-0.1, -0.05) is 13.8 Å². The normalized spacial score (nSPS) is 19.9. The first-order valence-corrected chi connectivity index (χ1v) is 13.7. The maximum absolute atomic E-state index is 5.72. The molecule has 10 heteroatoms. The number of nitrogens with zero attached hydrogens (tertiary/aromatic N) is 6. The smallest absolute Gasteiger partial charge is 0.197 e. The maximum atomic E-state index is 5.72. The van der Waals surface area contributed by atoms with Crippen molar-refractivity contribution in [2.24, 2.45) is 0 Å². The van der Waals surface area contributed by atoms with E-state index in [4.69, 9.17) is 19.6 Å². The van der Waals surface area contributed by atoms with Crippen LogP contribution in [-0.2, 0) is 4.74 Å². The quantitative estimate of drug-likeness (QED) is 0.403. The number of aromatic nitrogens is 6. The molecule has 4 aromatic rings. The van der Waals surface area contributed by atoms with Gasteiger partial charge < -0.3 is 9.47 Å². The summed E-state index contributed by atoms with van der Waals surface area (Å²) in [6.45, 7) is 8.50. The predicted octanol–water partition coefficient (Wildman–Crippen LogP) is 4.73. The number of pyridine rings is 1. The number of H-pyrrole nitrogens is 1. The molecule has 0 spiro atoms. The molecule has 36 heavy (non-hydrogen) atoms. The van der Waals surface area contributed by atoms with E-state index in [-0.39, 0.29) is 5.92 Å². The van der Waals surface area contributed by atoms with Crippen LogP contribution in [0.25, 0.3) is 27.6 Å². The molecule has 0 bridgehead atoms. The second-order valence-corrected chi connectivity index (χ2v) is 11.2. The third-order valence-corrected chi connectivity index (χ3v) is 8.72. The molecule has 9 nitrogen and oxygen atoms in total. The fraction of sp³-hybridized carbons (Fsp3) is 0.538. The summed E-state index contributed by atoms with van der Waals surface area (Å²) in [4.78, 5) is 13.2. The molecule has 1 unspecified atom stereocenters. The van der Waals surface area contributed by atoms with Gasteiger partial charge in [-0.15, -0.1) is 11.3 Å². The molecular weight excluding hydrogens is 474 g/mol. The minimum absolute atomic E-state index is 0.263. The van der Waals surface area contributed by atoms with Gasteiger partial charge in [0, 0.05) is 41.0 Å². The number of ether oxygens (including phenoxy) is 2. The topological polar surface area (TPSA) is 93.5 Å². The van der Waals surface area contributed by atoms with Crippen molar-refractivity contribution in [3.63, 3.8) is 0 Å². The van der Waals surface area contributed by atoms with Crippen LogP contribution in [0.2, 0.25) is 0 Å². The van der Waals surface area contributed by atoms with Gasteiger partial charge in [-0.25, -0.2) is 14.5 Å². The van der Waals surface area contributed by atoms with Crippen LogP contribution in [-0.4, -0.2) is 74.1 Å². The molecule has 1 atom stereocenters. The Hall–Kier alpha value is -2.82. The highest BCUT2D eigenvalue weighted by molar-refractivity contribution is 7.15. The summed E-state index contributed by atoms with van der Waals surface area (Å²) in [5.41, 5.74) is 4.69. The predicted molar refractivity (Wildman–Crippen MR) is 140 cm³/mol. The van der Waals surface area contributed by atoms with Crippen LogP contribution in [0, 0.1) is 0 Å². The lowest BCUT2D eigenvalue weighted by Gasteiger charge is -2.38. The van der Waals surface area contributed by atoms with Crippen molar-refractivity contribution in [2.45, 2.75) is 57.4 Å². The van der Waals surface area contributed by atoms with E-state index in [0.29, 0.717) is 23.4 Å². The molecule has 0 amide bonds. The molecule has 0 aliphatic carbocycles. The van der Waals surface area contributed by atoms with Crippen LogP contribution in [0.15, 0.2) is 24.8 Å². The molecule has 0 saturated carbocycles. The van der Waals surface area contributed by atoms with E-state index in [1.54, 1.807) is 23.0 Å². The molecule has 6 heterocycles. The van der Waals surface area contributed by atoms with E-state index in [0.717, 1.165) is 53.8 Å². The molecule has 0 radical (unpaired) electrons. The number of hydrogen-bond donors (Lipinski definition) is 1. The van der Waals surface area contributed by atoms with Gasteiger partial charge >= 0.3 is 0 Å². The monoisotopic (exact) mass is 507 g/mol. The van der Waals surface area contributed by atoms with Crippen LogP contribution >= 0.6 is 11.3 Å². The third-order valence-electron chi connectivity index (χ3n) is 7.54. The second-order valence-electron chi connectivity index (χ2n) is 10.1. The van der Waals surface area contributed by atoms with E-state index in [2.05, 4.69) is 40.1 Å². The van der Waals surface area contributed by atoms with Gasteiger partial charge in [-0.2, -0.15) is 10.2 Å². The molecular formula is C26H33N7O2S. The van der Waals surface area contributed by atoms with Crippen molar-refractivity contribution in [1.82, 2.24) is 34.7 Å². The summed E-state index contributed by atoms with van der Waals surface area (Å²) >= 11 is 1.80. The Morgan fingerprint density at radius 1 is 1.19 bits per heavy atom. The summed E-state index contributed by atoms with van der Waals surface area (Å²) in [5.74, 6) is 1.51. The Morgan fingerprint density at radius 3 is 2.81 bits per heavy atom. The van der Waals surface area contributed by atoms with Crippen LogP contribution in [0.4, 0.5) is 0 Å². The van der Waals surface area contributed by atoms with E-state index < -0.39 is 0 Å². The molecule has 4 aromatic heterocycles. The second kappa shape index (κ2) is 9.91. The van der Waals surface area contributed by atoms with E-state index in [1.165, 1.54) is 36.9 Å². The molecule has 190 valence electrons. The van der Waals surface area contributed by atoms with Crippen LogP contribution in [0.5, 0.6) is 5.75 Å². The number of hydrogen-bond acceptors (Lipinski definition) is 8. The Labute approximate surface area is 214 Å². The van der Waals surface area contributed by atoms with Crippen LogP contribution in [0.3, 0.4) is 0 Å². The number of fused-ring (bicyclic) bond motifs is 1.